The minimum absolute atomic E-state index is 0.225. The number of thioether (sulfide) groups is 1. The Balaban J connectivity index is 2.74. The molecule has 16 heavy (non-hydrogen) atoms. The van der Waals surface area contributed by atoms with Crippen molar-refractivity contribution < 1.29 is 19.4 Å². The minimum atomic E-state index is -0.943. The summed E-state index contributed by atoms with van der Waals surface area (Å²) >= 11 is 1.32. The van der Waals surface area contributed by atoms with Gasteiger partial charge < -0.3 is 9.84 Å². The van der Waals surface area contributed by atoms with Gasteiger partial charge in [0, 0.05) is 4.90 Å². The first-order valence-electron chi connectivity index (χ1n) is 4.58. The smallest absolute Gasteiger partial charge is 0.335 e. The number of hydrogen-bond donors (Lipinski definition) is 1. The van der Waals surface area contributed by atoms with Crippen molar-refractivity contribution >= 4 is 23.7 Å². The van der Waals surface area contributed by atoms with E-state index in [1.807, 2.05) is 0 Å². The van der Waals surface area contributed by atoms with Crippen molar-refractivity contribution in [1.82, 2.24) is 0 Å². The Labute approximate surface area is 97.6 Å². The highest BCUT2D eigenvalue weighted by Gasteiger charge is 2.08. The molecule has 1 rings (SSSR count). The standard InChI is InChI=1S/C11H12O4S/c1-7-5-8(16-6-10(12)15-2)3-4-9(7)11(13)14/h3-5H,6H2,1-2H3,(H,13,14). The summed E-state index contributed by atoms with van der Waals surface area (Å²) in [5.41, 5.74) is 0.963. The summed E-state index contributed by atoms with van der Waals surface area (Å²) in [7, 11) is 1.33. The summed E-state index contributed by atoms with van der Waals surface area (Å²) in [6.45, 7) is 1.73. The predicted molar refractivity (Wildman–Crippen MR) is 60.9 cm³/mol. The summed E-state index contributed by atoms with van der Waals surface area (Å²) in [6.07, 6.45) is 0. The Bertz CT molecular complexity index is 414. The molecule has 0 saturated carbocycles. The number of aromatic carboxylic acids is 1. The molecule has 0 amide bonds. The van der Waals surface area contributed by atoms with Crippen LogP contribution in [-0.4, -0.2) is 29.9 Å². The van der Waals surface area contributed by atoms with Gasteiger partial charge in [0.25, 0.3) is 0 Å². The third-order valence-corrected chi connectivity index (χ3v) is 2.98. The number of rotatable bonds is 4. The van der Waals surface area contributed by atoms with Gasteiger partial charge in [-0.25, -0.2) is 4.79 Å². The molecule has 0 radical (unpaired) electrons. The SMILES string of the molecule is COC(=O)CSc1ccc(C(=O)O)c(C)c1. The van der Waals surface area contributed by atoms with Gasteiger partial charge in [-0.1, -0.05) is 0 Å². The molecule has 5 heteroatoms. The fourth-order valence-corrected chi connectivity index (χ4v) is 1.99. The Hall–Kier alpha value is -1.49. The van der Waals surface area contributed by atoms with E-state index >= 15 is 0 Å². The number of ether oxygens (including phenoxy) is 1. The number of carbonyl (C=O) groups is 2. The molecule has 0 saturated heterocycles. The highest BCUT2D eigenvalue weighted by atomic mass is 32.2. The molecule has 4 nitrogen and oxygen atoms in total. The lowest BCUT2D eigenvalue weighted by Gasteiger charge is -2.04. The Morgan fingerprint density at radius 3 is 2.62 bits per heavy atom. The van der Waals surface area contributed by atoms with Crippen LogP contribution in [0.15, 0.2) is 23.1 Å². The van der Waals surface area contributed by atoms with Crippen molar-refractivity contribution in [3.8, 4) is 0 Å². The zero-order chi connectivity index (χ0) is 12.1. The van der Waals surface area contributed by atoms with Gasteiger partial charge in [0.05, 0.1) is 18.4 Å². The molecule has 1 N–H and O–H groups in total. The average Bonchev–Trinajstić information content (AvgIpc) is 2.25. The minimum Gasteiger partial charge on any atom is -0.478 e. The molecule has 0 bridgehead atoms. The van der Waals surface area contributed by atoms with Crippen molar-refractivity contribution in [2.24, 2.45) is 0 Å². The first-order valence-corrected chi connectivity index (χ1v) is 5.56. The zero-order valence-corrected chi connectivity index (χ0v) is 9.84. The number of carboxylic acid groups (broad SMARTS) is 1. The van der Waals surface area contributed by atoms with E-state index in [4.69, 9.17) is 5.11 Å². The third kappa shape index (κ3) is 3.27. The summed E-state index contributed by atoms with van der Waals surface area (Å²) < 4.78 is 4.51. The van der Waals surface area contributed by atoms with Gasteiger partial charge in [0.15, 0.2) is 0 Å². The molecule has 0 aliphatic heterocycles. The van der Waals surface area contributed by atoms with Gasteiger partial charge in [-0.2, -0.15) is 0 Å². The number of carboxylic acids is 1. The zero-order valence-electron chi connectivity index (χ0n) is 9.02. The van der Waals surface area contributed by atoms with E-state index < -0.39 is 5.97 Å². The second kappa shape index (κ2) is 5.55. The van der Waals surface area contributed by atoms with Crippen LogP contribution in [0.5, 0.6) is 0 Å². The van der Waals surface area contributed by atoms with Gasteiger partial charge in [0.1, 0.15) is 0 Å². The molecule has 0 spiro atoms. The Kier molecular flexibility index (Phi) is 4.37. The van der Waals surface area contributed by atoms with Crippen LogP contribution < -0.4 is 0 Å². The van der Waals surface area contributed by atoms with E-state index in [1.54, 1.807) is 19.1 Å². The van der Waals surface area contributed by atoms with Crippen LogP contribution in [0.25, 0.3) is 0 Å². The summed E-state index contributed by atoms with van der Waals surface area (Å²) in [5, 5.41) is 8.83. The van der Waals surface area contributed by atoms with Crippen LogP contribution in [0, 0.1) is 6.92 Å². The molecule has 86 valence electrons. The van der Waals surface area contributed by atoms with Gasteiger partial charge in [0.2, 0.25) is 0 Å². The molecule has 0 unspecified atom stereocenters. The van der Waals surface area contributed by atoms with Crippen molar-refractivity contribution in [2.45, 2.75) is 11.8 Å². The quantitative estimate of drug-likeness (QED) is 0.643. The number of methoxy groups -OCH3 is 1. The number of benzene rings is 1. The van der Waals surface area contributed by atoms with Gasteiger partial charge >= 0.3 is 11.9 Å². The van der Waals surface area contributed by atoms with Crippen LogP contribution in [0.3, 0.4) is 0 Å². The lowest BCUT2D eigenvalue weighted by atomic mass is 10.1. The van der Waals surface area contributed by atoms with Crippen molar-refractivity contribution in [3.05, 3.63) is 29.3 Å². The van der Waals surface area contributed by atoms with E-state index in [2.05, 4.69) is 4.74 Å². The first-order chi connectivity index (χ1) is 7.54. The summed E-state index contributed by atoms with van der Waals surface area (Å²) in [6, 6.07) is 4.97. The third-order valence-electron chi connectivity index (χ3n) is 2.01. The van der Waals surface area contributed by atoms with Crippen LogP contribution in [0.1, 0.15) is 15.9 Å². The fraction of sp³-hybridized carbons (Fsp3) is 0.273. The number of carbonyl (C=O) groups excluding carboxylic acids is 1. The molecular formula is C11H12O4S. The second-order valence-corrected chi connectivity index (χ2v) is 4.20. The number of esters is 1. The van der Waals surface area contributed by atoms with Gasteiger partial charge in [-0.15, -0.1) is 11.8 Å². The molecule has 0 fully saturated rings. The predicted octanol–water partition coefficient (Wildman–Crippen LogP) is 1.96. The summed E-state index contributed by atoms with van der Waals surface area (Å²) in [5.74, 6) is -1.02. The molecule has 0 aliphatic carbocycles. The van der Waals surface area contributed by atoms with E-state index in [0.29, 0.717) is 5.56 Å². The van der Waals surface area contributed by atoms with E-state index in [0.717, 1.165) is 4.90 Å². The van der Waals surface area contributed by atoms with E-state index in [9.17, 15) is 9.59 Å². The molecule has 0 aromatic heterocycles. The first kappa shape index (κ1) is 12.6. The van der Waals surface area contributed by atoms with Crippen LogP contribution >= 0.6 is 11.8 Å². The lowest BCUT2D eigenvalue weighted by molar-refractivity contribution is -0.137. The van der Waals surface area contributed by atoms with Crippen molar-refractivity contribution in [3.63, 3.8) is 0 Å². The Morgan fingerprint density at radius 2 is 2.12 bits per heavy atom. The normalized spacial score (nSPS) is 9.88. The van der Waals surface area contributed by atoms with E-state index in [1.165, 1.54) is 24.9 Å². The number of aryl methyl sites for hydroxylation is 1. The molecule has 1 aromatic carbocycles. The van der Waals surface area contributed by atoms with Crippen molar-refractivity contribution in [1.29, 1.82) is 0 Å². The monoisotopic (exact) mass is 240 g/mol. The maximum Gasteiger partial charge on any atom is 0.335 e. The van der Waals surface area contributed by atoms with Crippen LogP contribution in [0.2, 0.25) is 0 Å². The second-order valence-electron chi connectivity index (χ2n) is 3.15. The highest BCUT2D eigenvalue weighted by Crippen LogP contribution is 2.21. The molecule has 0 heterocycles. The molecule has 1 aromatic rings. The van der Waals surface area contributed by atoms with Crippen molar-refractivity contribution in [2.75, 3.05) is 12.9 Å². The molecule has 0 aliphatic rings. The average molecular weight is 240 g/mol. The van der Waals surface area contributed by atoms with Gasteiger partial charge in [-0.3, -0.25) is 4.79 Å². The topological polar surface area (TPSA) is 63.6 Å². The fourth-order valence-electron chi connectivity index (χ4n) is 1.17. The van der Waals surface area contributed by atoms with Crippen LogP contribution in [0.4, 0.5) is 0 Å². The lowest BCUT2D eigenvalue weighted by Crippen LogP contribution is -2.03. The molecule has 0 atom stereocenters. The maximum atomic E-state index is 10.9. The van der Waals surface area contributed by atoms with E-state index in [-0.39, 0.29) is 17.3 Å². The van der Waals surface area contributed by atoms with Crippen LogP contribution in [-0.2, 0) is 9.53 Å². The van der Waals surface area contributed by atoms with Gasteiger partial charge in [-0.05, 0) is 30.7 Å². The largest absolute Gasteiger partial charge is 0.478 e. The highest BCUT2D eigenvalue weighted by molar-refractivity contribution is 8.00. The molecular weight excluding hydrogens is 228 g/mol. The number of hydrogen-bond acceptors (Lipinski definition) is 4. The maximum absolute atomic E-state index is 10.9. The summed E-state index contributed by atoms with van der Waals surface area (Å²) in [4.78, 5) is 22.5. The Morgan fingerprint density at radius 1 is 1.44 bits per heavy atom.